The summed E-state index contributed by atoms with van der Waals surface area (Å²) in [4.78, 5) is 4.28. The van der Waals surface area contributed by atoms with E-state index in [0.717, 1.165) is 19.6 Å². The molecule has 1 saturated heterocycles. The first-order valence-corrected chi connectivity index (χ1v) is 8.20. The molecule has 5 heteroatoms. The van der Waals surface area contributed by atoms with Gasteiger partial charge in [-0.3, -0.25) is 0 Å². The number of rotatable bonds is 6. The van der Waals surface area contributed by atoms with E-state index in [4.69, 9.17) is 9.47 Å². The van der Waals surface area contributed by atoms with E-state index in [1.165, 1.54) is 11.1 Å². The molecular weight excluding hydrogens is 284 g/mol. The Balaban J connectivity index is 1.55. The minimum Gasteiger partial charge on any atom is -0.472 e. The number of nitrogens with zero attached hydrogens (tertiary/aromatic N) is 1. The molecule has 0 radical (unpaired) electrons. The summed E-state index contributed by atoms with van der Waals surface area (Å²) in [7, 11) is 0. The van der Waals surface area contributed by atoms with Crippen LogP contribution in [-0.4, -0.2) is 24.3 Å². The Morgan fingerprint density at radius 2 is 2.48 bits per heavy atom. The molecule has 0 bridgehead atoms. The van der Waals surface area contributed by atoms with Gasteiger partial charge in [0.25, 0.3) is 0 Å². The molecule has 0 saturated carbocycles. The zero-order valence-corrected chi connectivity index (χ0v) is 12.9. The van der Waals surface area contributed by atoms with Gasteiger partial charge in [0.1, 0.15) is 6.10 Å². The van der Waals surface area contributed by atoms with Crippen LogP contribution in [0.25, 0.3) is 0 Å². The third kappa shape index (κ3) is 4.03. The van der Waals surface area contributed by atoms with Crippen molar-refractivity contribution in [1.29, 1.82) is 0 Å². The summed E-state index contributed by atoms with van der Waals surface area (Å²) in [5.41, 5.74) is 2.51. The van der Waals surface area contributed by atoms with Gasteiger partial charge in [0.2, 0.25) is 5.88 Å². The van der Waals surface area contributed by atoms with Crippen LogP contribution >= 0.6 is 11.3 Å². The molecule has 112 valence electrons. The van der Waals surface area contributed by atoms with Gasteiger partial charge in [0.05, 0.1) is 13.2 Å². The molecule has 1 aliphatic heterocycles. The van der Waals surface area contributed by atoms with Gasteiger partial charge in [0.15, 0.2) is 0 Å². The van der Waals surface area contributed by atoms with Gasteiger partial charge in [-0.05, 0) is 40.9 Å². The van der Waals surface area contributed by atoms with Crippen LogP contribution in [0.5, 0.6) is 5.88 Å². The molecule has 0 amide bonds. The Bertz CT molecular complexity index is 553. The van der Waals surface area contributed by atoms with Crippen molar-refractivity contribution in [3.63, 3.8) is 0 Å². The molecule has 0 unspecified atom stereocenters. The van der Waals surface area contributed by atoms with Crippen LogP contribution in [-0.2, 0) is 11.3 Å². The van der Waals surface area contributed by atoms with Crippen molar-refractivity contribution in [1.82, 2.24) is 10.3 Å². The second kappa shape index (κ2) is 7.02. The predicted octanol–water partition coefficient (Wildman–Crippen LogP) is 3.16. The van der Waals surface area contributed by atoms with Crippen molar-refractivity contribution in [3.05, 3.63) is 46.3 Å². The molecule has 21 heavy (non-hydrogen) atoms. The minimum atomic E-state index is 0.144. The fourth-order valence-corrected chi connectivity index (χ4v) is 3.07. The smallest absolute Gasteiger partial charge is 0.213 e. The fraction of sp³-hybridized carbons (Fsp3) is 0.438. The Kier molecular flexibility index (Phi) is 4.85. The third-order valence-electron chi connectivity index (χ3n) is 3.63. The van der Waals surface area contributed by atoms with E-state index in [2.05, 4.69) is 34.1 Å². The molecule has 2 aromatic heterocycles. The zero-order chi connectivity index (χ0) is 14.5. The maximum absolute atomic E-state index is 5.83. The second-order valence-corrected chi connectivity index (χ2v) is 6.05. The number of ether oxygens (including phenoxy) is 2. The standard InChI is InChI=1S/C16H20N2O2S/c1-12(14-4-7-21-11-14)18-9-13-2-5-17-16(8-13)20-15-3-6-19-10-15/h2,4-5,7-8,11-12,15,18H,3,6,9-10H2,1H3/t12-,15-/m1/s1. The fourth-order valence-electron chi connectivity index (χ4n) is 2.31. The van der Waals surface area contributed by atoms with Crippen molar-refractivity contribution in [2.24, 2.45) is 0 Å². The highest BCUT2D eigenvalue weighted by Gasteiger charge is 2.17. The number of nitrogens with one attached hydrogen (secondary N) is 1. The Hall–Kier alpha value is -1.43. The maximum Gasteiger partial charge on any atom is 0.213 e. The van der Waals surface area contributed by atoms with Crippen molar-refractivity contribution < 1.29 is 9.47 Å². The highest BCUT2D eigenvalue weighted by molar-refractivity contribution is 7.07. The number of hydrogen-bond donors (Lipinski definition) is 1. The lowest BCUT2D eigenvalue weighted by Gasteiger charge is -2.14. The lowest BCUT2D eigenvalue weighted by atomic mass is 10.1. The van der Waals surface area contributed by atoms with Gasteiger partial charge in [-0.1, -0.05) is 0 Å². The van der Waals surface area contributed by atoms with Crippen molar-refractivity contribution in [2.75, 3.05) is 13.2 Å². The van der Waals surface area contributed by atoms with Gasteiger partial charge < -0.3 is 14.8 Å². The first kappa shape index (κ1) is 14.5. The van der Waals surface area contributed by atoms with Gasteiger partial charge in [-0.2, -0.15) is 11.3 Å². The lowest BCUT2D eigenvalue weighted by molar-refractivity contribution is 0.138. The second-order valence-electron chi connectivity index (χ2n) is 5.27. The SMILES string of the molecule is C[C@@H](NCc1ccnc(O[C@@H]2CCOC2)c1)c1ccsc1. The molecule has 3 rings (SSSR count). The van der Waals surface area contributed by atoms with Crippen LogP contribution in [0, 0.1) is 0 Å². The number of thiophene rings is 1. The summed E-state index contributed by atoms with van der Waals surface area (Å²) < 4.78 is 11.1. The third-order valence-corrected chi connectivity index (χ3v) is 4.33. The topological polar surface area (TPSA) is 43.4 Å². The predicted molar refractivity (Wildman–Crippen MR) is 83.7 cm³/mol. The molecule has 2 atom stereocenters. The molecule has 3 heterocycles. The Labute approximate surface area is 129 Å². The molecule has 1 fully saturated rings. The van der Waals surface area contributed by atoms with Crippen LogP contribution in [0.3, 0.4) is 0 Å². The molecular formula is C16H20N2O2S. The van der Waals surface area contributed by atoms with Crippen LogP contribution in [0.1, 0.15) is 30.5 Å². The molecule has 0 aromatic carbocycles. The summed E-state index contributed by atoms with van der Waals surface area (Å²) in [6.07, 6.45) is 2.89. The Morgan fingerprint density at radius 1 is 1.52 bits per heavy atom. The van der Waals surface area contributed by atoms with E-state index in [1.54, 1.807) is 17.5 Å². The van der Waals surface area contributed by atoms with Crippen LogP contribution < -0.4 is 10.1 Å². The highest BCUT2D eigenvalue weighted by atomic mass is 32.1. The van der Waals surface area contributed by atoms with Gasteiger partial charge in [-0.15, -0.1) is 0 Å². The average Bonchev–Trinajstić information content (AvgIpc) is 3.18. The molecule has 1 aliphatic rings. The normalized spacial score (nSPS) is 19.6. The molecule has 2 aromatic rings. The summed E-state index contributed by atoms with van der Waals surface area (Å²) in [5, 5.41) is 7.81. The van der Waals surface area contributed by atoms with Crippen molar-refractivity contribution in [2.45, 2.75) is 32.0 Å². The molecule has 0 aliphatic carbocycles. The monoisotopic (exact) mass is 304 g/mol. The quantitative estimate of drug-likeness (QED) is 0.890. The largest absolute Gasteiger partial charge is 0.472 e. The minimum absolute atomic E-state index is 0.144. The van der Waals surface area contributed by atoms with Gasteiger partial charge >= 0.3 is 0 Å². The van der Waals surface area contributed by atoms with E-state index < -0.39 is 0 Å². The first-order valence-electron chi connectivity index (χ1n) is 7.26. The first-order chi connectivity index (χ1) is 10.3. The molecule has 4 nitrogen and oxygen atoms in total. The summed E-state index contributed by atoms with van der Waals surface area (Å²) in [5.74, 6) is 0.688. The zero-order valence-electron chi connectivity index (χ0n) is 12.1. The van der Waals surface area contributed by atoms with Gasteiger partial charge in [0, 0.05) is 31.3 Å². The average molecular weight is 304 g/mol. The maximum atomic E-state index is 5.83. The van der Waals surface area contributed by atoms with E-state index >= 15 is 0 Å². The Morgan fingerprint density at radius 3 is 3.24 bits per heavy atom. The van der Waals surface area contributed by atoms with Gasteiger partial charge in [-0.25, -0.2) is 4.98 Å². The highest BCUT2D eigenvalue weighted by Crippen LogP contribution is 2.18. The number of pyridine rings is 1. The molecule has 1 N–H and O–H groups in total. The number of hydrogen-bond acceptors (Lipinski definition) is 5. The van der Waals surface area contributed by atoms with Crippen LogP contribution in [0.4, 0.5) is 0 Å². The molecule has 0 spiro atoms. The summed E-state index contributed by atoms with van der Waals surface area (Å²) in [6, 6.07) is 6.53. The number of aromatic nitrogens is 1. The summed E-state index contributed by atoms with van der Waals surface area (Å²) >= 11 is 1.73. The van der Waals surface area contributed by atoms with E-state index in [-0.39, 0.29) is 6.10 Å². The summed E-state index contributed by atoms with van der Waals surface area (Å²) in [6.45, 7) is 4.43. The van der Waals surface area contributed by atoms with E-state index in [9.17, 15) is 0 Å². The van der Waals surface area contributed by atoms with E-state index in [0.29, 0.717) is 18.5 Å². The van der Waals surface area contributed by atoms with Crippen molar-refractivity contribution in [3.8, 4) is 5.88 Å². The van der Waals surface area contributed by atoms with E-state index in [1.807, 2.05) is 12.1 Å². The lowest BCUT2D eigenvalue weighted by Crippen LogP contribution is -2.18. The van der Waals surface area contributed by atoms with Crippen molar-refractivity contribution >= 4 is 11.3 Å². The van der Waals surface area contributed by atoms with Crippen LogP contribution in [0.2, 0.25) is 0 Å². The van der Waals surface area contributed by atoms with Crippen LogP contribution in [0.15, 0.2) is 35.2 Å².